The summed E-state index contributed by atoms with van der Waals surface area (Å²) in [6, 6.07) is 11.2. The van der Waals surface area contributed by atoms with Gasteiger partial charge in [0.1, 0.15) is 11.5 Å². The number of amides is 1. The van der Waals surface area contributed by atoms with Crippen LogP contribution in [0.4, 0.5) is 0 Å². The van der Waals surface area contributed by atoms with Gasteiger partial charge in [-0.3, -0.25) is 4.79 Å². The number of ether oxygens (including phenoxy) is 1. The van der Waals surface area contributed by atoms with Gasteiger partial charge in [0, 0.05) is 0 Å². The van der Waals surface area contributed by atoms with E-state index in [0.717, 1.165) is 35.1 Å². The molecule has 0 radical (unpaired) electrons. The van der Waals surface area contributed by atoms with Crippen LogP contribution in [0.1, 0.15) is 28.7 Å². The first-order valence-corrected chi connectivity index (χ1v) is 7.55. The lowest BCUT2D eigenvalue weighted by molar-refractivity contribution is -0.117. The third kappa shape index (κ3) is 3.21. The molecule has 1 aliphatic carbocycles. The van der Waals surface area contributed by atoms with Crippen LogP contribution in [0.3, 0.4) is 0 Å². The summed E-state index contributed by atoms with van der Waals surface area (Å²) in [6.07, 6.45) is 4.02. The summed E-state index contributed by atoms with van der Waals surface area (Å²) in [4.78, 5) is 11.4. The van der Waals surface area contributed by atoms with Gasteiger partial charge in [0.2, 0.25) is 5.91 Å². The molecule has 4 nitrogen and oxygen atoms in total. The monoisotopic (exact) mass is 309 g/mol. The molecule has 1 aliphatic rings. The van der Waals surface area contributed by atoms with Gasteiger partial charge in [-0.15, -0.1) is 0 Å². The average Bonchev–Trinajstić information content (AvgIpc) is 2.53. The maximum Gasteiger partial charge on any atom is 0.221 e. The second-order valence-electron chi connectivity index (χ2n) is 5.72. The molecule has 23 heavy (non-hydrogen) atoms. The van der Waals surface area contributed by atoms with Crippen LogP contribution in [0.15, 0.2) is 36.4 Å². The van der Waals surface area contributed by atoms with Crippen LogP contribution < -0.4 is 10.5 Å². The number of aromatic hydroxyl groups is 1. The Labute approximate surface area is 135 Å². The molecule has 0 heterocycles. The number of rotatable bonds is 4. The lowest BCUT2D eigenvalue weighted by Crippen LogP contribution is -2.15. The molecule has 4 heteroatoms. The normalized spacial score (nSPS) is 13.2. The molecule has 3 N–H and O–H groups in total. The number of phenols is 1. The highest BCUT2D eigenvalue weighted by Gasteiger charge is 2.16. The van der Waals surface area contributed by atoms with E-state index in [-0.39, 0.29) is 12.3 Å². The molecule has 0 fully saturated rings. The van der Waals surface area contributed by atoms with Gasteiger partial charge >= 0.3 is 0 Å². The number of fused-ring (bicyclic) bond motifs is 1. The molecule has 0 saturated heterocycles. The van der Waals surface area contributed by atoms with E-state index in [1.165, 1.54) is 5.57 Å². The summed E-state index contributed by atoms with van der Waals surface area (Å²) in [7, 11) is 1.60. The smallest absolute Gasteiger partial charge is 0.221 e. The van der Waals surface area contributed by atoms with Gasteiger partial charge in [-0.2, -0.15) is 0 Å². The van der Waals surface area contributed by atoms with E-state index in [9.17, 15) is 9.90 Å². The SMILES string of the molecule is COc1ccc(C2=Cc3ccc(O)cc3CC2)c(CC(N)=O)c1. The van der Waals surface area contributed by atoms with Gasteiger partial charge in [-0.25, -0.2) is 0 Å². The molecular formula is C19H19NO3. The second kappa shape index (κ2) is 6.16. The fourth-order valence-corrected chi connectivity index (χ4v) is 3.04. The number of nitrogens with two attached hydrogens (primary N) is 1. The summed E-state index contributed by atoms with van der Waals surface area (Å²) in [5.41, 5.74) is 10.7. The first kappa shape index (κ1) is 15.2. The van der Waals surface area contributed by atoms with Crippen LogP contribution in [0.2, 0.25) is 0 Å². The largest absolute Gasteiger partial charge is 0.508 e. The van der Waals surface area contributed by atoms with Crippen molar-refractivity contribution >= 4 is 17.6 Å². The Hall–Kier alpha value is -2.75. The van der Waals surface area contributed by atoms with E-state index in [1.807, 2.05) is 24.3 Å². The predicted molar refractivity (Wildman–Crippen MR) is 90.2 cm³/mol. The van der Waals surface area contributed by atoms with Crippen molar-refractivity contribution in [3.8, 4) is 11.5 Å². The summed E-state index contributed by atoms with van der Waals surface area (Å²) in [5.74, 6) is 0.646. The minimum atomic E-state index is -0.360. The van der Waals surface area contributed by atoms with Gasteiger partial charge in [-0.05, 0) is 64.9 Å². The van der Waals surface area contributed by atoms with E-state index in [2.05, 4.69) is 6.08 Å². The Morgan fingerprint density at radius 2 is 2.04 bits per heavy atom. The van der Waals surface area contributed by atoms with Crippen molar-refractivity contribution in [1.82, 2.24) is 0 Å². The fourth-order valence-electron chi connectivity index (χ4n) is 3.04. The lowest BCUT2D eigenvalue weighted by atomic mass is 9.86. The first-order chi connectivity index (χ1) is 11.1. The zero-order valence-corrected chi connectivity index (χ0v) is 13.0. The fraction of sp³-hybridized carbons (Fsp3) is 0.211. The molecule has 0 aliphatic heterocycles. The van der Waals surface area contributed by atoms with Crippen LogP contribution in [0, 0.1) is 0 Å². The molecule has 0 aromatic heterocycles. The molecular weight excluding hydrogens is 290 g/mol. The zero-order valence-electron chi connectivity index (χ0n) is 13.0. The maximum absolute atomic E-state index is 11.4. The van der Waals surface area contributed by atoms with Gasteiger partial charge in [0.25, 0.3) is 0 Å². The van der Waals surface area contributed by atoms with E-state index >= 15 is 0 Å². The van der Waals surface area contributed by atoms with Gasteiger partial charge in [0.05, 0.1) is 13.5 Å². The van der Waals surface area contributed by atoms with Crippen molar-refractivity contribution in [1.29, 1.82) is 0 Å². The predicted octanol–water partition coefficient (Wildman–Crippen LogP) is 2.92. The van der Waals surface area contributed by atoms with Crippen molar-refractivity contribution in [2.75, 3.05) is 7.11 Å². The Balaban J connectivity index is 2.04. The quantitative estimate of drug-likeness (QED) is 0.912. The number of methoxy groups -OCH3 is 1. The Morgan fingerprint density at radius 1 is 1.22 bits per heavy atom. The molecule has 3 rings (SSSR count). The summed E-state index contributed by atoms with van der Waals surface area (Å²) >= 11 is 0. The zero-order chi connectivity index (χ0) is 16.4. The average molecular weight is 309 g/mol. The Bertz CT molecular complexity index is 793. The minimum absolute atomic E-state index is 0.187. The highest BCUT2D eigenvalue weighted by Crippen LogP contribution is 2.34. The van der Waals surface area contributed by atoms with Crippen LogP contribution in [-0.2, 0) is 17.6 Å². The molecule has 2 aromatic rings. The topological polar surface area (TPSA) is 72.6 Å². The van der Waals surface area contributed by atoms with Crippen molar-refractivity contribution in [2.24, 2.45) is 5.73 Å². The number of carbonyl (C=O) groups excluding carboxylic acids is 1. The van der Waals surface area contributed by atoms with E-state index in [1.54, 1.807) is 19.2 Å². The molecule has 0 spiro atoms. The standard InChI is InChI=1S/C19H19NO3/c1-23-17-6-7-18(15(10-17)11-19(20)22)14-3-2-13-9-16(21)5-4-12(13)8-14/h4-10,21H,2-3,11H2,1H3,(H2,20,22). The third-order valence-corrected chi connectivity index (χ3v) is 4.14. The molecule has 0 bridgehead atoms. The van der Waals surface area contributed by atoms with E-state index in [0.29, 0.717) is 11.5 Å². The number of allylic oxidation sites excluding steroid dienone is 1. The lowest BCUT2D eigenvalue weighted by Gasteiger charge is -2.19. The van der Waals surface area contributed by atoms with Crippen molar-refractivity contribution in [2.45, 2.75) is 19.3 Å². The molecule has 0 atom stereocenters. The number of aryl methyl sites for hydroxylation is 1. The Kier molecular flexibility index (Phi) is 4.06. The van der Waals surface area contributed by atoms with Crippen LogP contribution in [0.5, 0.6) is 11.5 Å². The Morgan fingerprint density at radius 3 is 2.78 bits per heavy atom. The number of hydrogen-bond acceptors (Lipinski definition) is 3. The van der Waals surface area contributed by atoms with Crippen molar-refractivity contribution < 1.29 is 14.6 Å². The minimum Gasteiger partial charge on any atom is -0.508 e. The van der Waals surface area contributed by atoms with Gasteiger partial charge in [0.15, 0.2) is 0 Å². The van der Waals surface area contributed by atoms with Crippen molar-refractivity contribution in [3.05, 3.63) is 58.7 Å². The van der Waals surface area contributed by atoms with E-state index in [4.69, 9.17) is 10.5 Å². The molecule has 118 valence electrons. The number of primary amides is 1. The van der Waals surface area contributed by atoms with Crippen LogP contribution in [-0.4, -0.2) is 18.1 Å². The summed E-state index contributed by atoms with van der Waals surface area (Å²) in [6.45, 7) is 0. The van der Waals surface area contributed by atoms with E-state index < -0.39 is 0 Å². The molecule has 2 aromatic carbocycles. The summed E-state index contributed by atoms with van der Waals surface area (Å²) < 4.78 is 5.25. The van der Waals surface area contributed by atoms with Gasteiger partial charge in [-0.1, -0.05) is 18.2 Å². The number of benzene rings is 2. The highest BCUT2D eigenvalue weighted by atomic mass is 16.5. The number of carbonyl (C=O) groups is 1. The first-order valence-electron chi connectivity index (χ1n) is 7.55. The molecule has 1 amide bonds. The van der Waals surface area contributed by atoms with Gasteiger partial charge < -0.3 is 15.6 Å². The molecule has 0 saturated carbocycles. The van der Waals surface area contributed by atoms with Crippen LogP contribution in [0.25, 0.3) is 11.6 Å². The highest BCUT2D eigenvalue weighted by molar-refractivity contribution is 5.88. The number of hydrogen-bond donors (Lipinski definition) is 2. The number of phenolic OH excluding ortho intramolecular Hbond substituents is 1. The summed E-state index contributed by atoms with van der Waals surface area (Å²) in [5, 5.41) is 9.59. The van der Waals surface area contributed by atoms with Crippen LogP contribution >= 0.6 is 0 Å². The van der Waals surface area contributed by atoms with Crippen molar-refractivity contribution in [3.63, 3.8) is 0 Å². The maximum atomic E-state index is 11.4. The molecule has 0 unspecified atom stereocenters. The second-order valence-corrected chi connectivity index (χ2v) is 5.72. The third-order valence-electron chi connectivity index (χ3n) is 4.14.